The molecule has 0 amide bonds. The van der Waals surface area contributed by atoms with Crippen molar-refractivity contribution in [2.75, 3.05) is 12.5 Å². The first-order chi connectivity index (χ1) is 9.08. The number of fused-ring (bicyclic) bond motifs is 2. The van der Waals surface area contributed by atoms with Crippen molar-refractivity contribution in [3.63, 3.8) is 0 Å². The molecule has 5 nitrogen and oxygen atoms in total. The van der Waals surface area contributed by atoms with Crippen LogP contribution in [0.2, 0.25) is 0 Å². The van der Waals surface area contributed by atoms with Crippen LogP contribution in [0.3, 0.4) is 0 Å². The summed E-state index contributed by atoms with van der Waals surface area (Å²) in [5, 5.41) is 9.19. The summed E-state index contributed by atoms with van der Waals surface area (Å²) < 4.78 is 10.5. The van der Waals surface area contributed by atoms with E-state index in [4.69, 9.17) is 9.47 Å². The molecule has 2 aliphatic rings. The molecule has 98 valence electrons. The van der Waals surface area contributed by atoms with E-state index in [0.29, 0.717) is 28.2 Å². The van der Waals surface area contributed by atoms with Gasteiger partial charge in [0.25, 0.3) is 0 Å². The fraction of sp³-hybridized carbons (Fsp3) is 0.231. The molecular formula is C13H10O5S. The molecule has 1 N–H and O–H groups in total. The third-order valence-electron chi connectivity index (χ3n) is 3.10. The Labute approximate surface area is 113 Å². The van der Waals surface area contributed by atoms with Crippen molar-refractivity contribution >= 4 is 29.1 Å². The van der Waals surface area contributed by atoms with E-state index in [9.17, 15) is 14.7 Å². The Bertz CT molecular complexity index is 632. The number of rotatable bonds is 1. The minimum absolute atomic E-state index is 0.103. The van der Waals surface area contributed by atoms with Gasteiger partial charge in [0.1, 0.15) is 0 Å². The smallest absolute Gasteiger partial charge is 0.342 e. The summed E-state index contributed by atoms with van der Waals surface area (Å²) in [6.07, 6.45) is 0. The molecule has 0 aliphatic carbocycles. The van der Waals surface area contributed by atoms with E-state index >= 15 is 0 Å². The molecule has 0 radical (unpaired) electrons. The van der Waals surface area contributed by atoms with Gasteiger partial charge in [-0.05, 0) is 30.2 Å². The molecule has 6 heteroatoms. The molecule has 0 unspecified atom stereocenters. The predicted molar refractivity (Wildman–Crippen MR) is 69.6 cm³/mol. The van der Waals surface area contributed by atoms with Gasteiger partial charge in [-0.2, -0.15) is 0 Å². The maximum absolute atomic E-state index is 12.1. The summed E-state index contributed by atoms with van der Waals surface area (Å²) in [5.74, 6) is 0.0759. The zero-order chi connectivity index (χ0) is 13.6. The van der Waals surface area contributed by atoms with Gasteiger partial charge in [-0.1, -0.05) is 0 Å². The van der Waals surface area contributed by atoms with Crippen LogP contribution in [-0.4, -0.2) is 29.4 Å². The Balaban J connectivity index is 2.24. The number of hydrogen-bond acceptors (Lipinski definition) is 5. The summed E-state index contributed by atoms with van der Waals surface area (Å²) in [7, 11) is 0. The minimum Gasteiger partial charge on any atom is -0.477 e. The second kappa shape index (κ2) is 4.31. The van der Waals surface area contributed by atoms with E-state index in [1.807, 2.05) is 0 Å². The van der Waals surface area contributed by atoms with E-state index in [1.165, 1.54) is 0 Å². The molecule has 2 heterocycles. The molecule has 0 bridgehead atoms. The third-order valence-corrected chi connectivity index (χ3v) is 4.28. The maximum Gasteiger partial charge on any atom is 0.342 e. The molecule has 0 saturated heterocycles. The summed E-state index contributed by atoms with van der Waals surface area (Å²) in [6, 6.07) is 3.31. The fourth-order valence-electron chi connectivity index (χ4n) is 2.15. The SMILES string of the molecule is CC1=C(C(=O)O)SCC(=O)c2cc3c(cc21)OCO3. The number of allylic oxidation sites excluding steroid dienone is 1. The van der Waals surface area contributed by atoms with Gasteiger partial charge in [-0.3, -0.25) is 4.79 Å². The highest BCUT2D eigenvalue weighted by atomic mass is 32.2. The summed E-state index contributed by atoms with van der Waals surface area (Å²) in [4.78, 5) is 23.5. The van der Waals surface area contributed by atoms with Crippen molar-refractivity contribution < 1.29 is 24.2 Å². The Kier molecular flexibility index (Phi) is 2.74. The normalized spacial score (nSPS) is 17.2. The second-order valence-corrected chi connectivity index (χ2v) is 5.21. The summed E-state index contributed by atoms with van der Waals surface area (Å²) >= 11 is 1.05. The van der Waals surface area contributed by atoms with Gasteiger partial charge in [-0.15, -0.1) is 11.8 Å². The number of thioether (sulfide) groups is 1. The van der Waals surface area contributed by atoms with E-state index < -0.39 is 5.97 Å². The predicted octanol–water partition coefficient (Wildman–Crippen LogP) is 2.16. The van der Waals surface area contributed by atoms with E-state index in [2.05, 4.69) is 0 Å². The third kappa shape index (κ3) is 1.88. The van der Waals surface area contributed by atoms with Gasteiger partial charge in [-0.25, -0.2) is 4.79 Å². The van der Waals surface area contributed by atoms with Crippen LogP contribution in [-0.2, 0) is 4.79 Å². The molecule has 0 saturated carbocycles. The van der Waals surface area contributed by atoms with Gasteiger partial charge >= 0.3 is 5.97 Å². The molecule has 1 aromatic carbocycles. The second-order valence-electron chi connectivity index (χ2n) is 4.22. The number of ether oxygens (including phenoxy) is 2. The van der Waals surface area contributed by atoms with Crippen molar-refractivity contribution in [1.29, 1.82) is 0 Å². The molecule has 0 spiro atoms. The Hall–Kier alpha value is -1.95. The lowest BCUT2D eigenvalue weighted by molar-refractivity contribution is -0.131. The number of Topliss-reactive ketones (excluding diaryl/α,β-unsaturated/α-hetero) is 1. The highest BCUT2D eigenvalue weighted by Crippen LogP contribution is 2.41. The molecule has 0 fully saturated rings. The minimum atomic E-state index is -1.01. The zero-order valence-electron chi connectivity index (χ0n) is 10.1. The van der Waals surface area contributed by atoms with Crippen LogP contribution in [0, 0.1) is 0 Å². The monoisotopic (exact) mass is 278 g/mol. The van der Waals surface area contributed by atoms with Crippen LogP contribution in [0.4, 0.5) is 0 Å². The molecular weight excluding hydrogens is 268 g/mol. The summed E-state index contributed by atoms with van der Waals surface area (Å²) in [5.41, 5.74) is 1.68. The quantitative estimate of drug-likeness (QED) is 0.848. The Morgan fingerprint density at radius 3 is 2.53 bits per heavy atom. The van der Waals surface area contributed by atoms with Gasteiger partial charge in [0.05, 0.1) is 10.7 Å². The maximum atomic E-state index is 12.1. The number of carboxylic acid groups (broad SMARTS) is 1. The topological polar surface area (TPSA) is 72.8 Å². The Morgan fingerprint density at radius 2 is 1.89 bits per heavy atom. The fourth-order valence-corrected chi connectivity index (χ4v) is 3.03. The van der Waals surface area contributed by atoms with Gasteiger partial charge < -0.3 is 14.6 Å². The first kappa shape index (κ1) is 12.1. The largest absolute Gasteiger partial charge is 0.477 e. The van der Waals surface area contributed by atoms with Crippen molar-refractivity contribution in [1.82, 2.24) is 0 Å². The van der Waals surface area contributed by atoms with Crippen LogP contribution < -0.4 is 9.47 Å². The van der Waals surface area contributed by atoms with E-state index in [1.54, 1.807) is 19.1 Å². The lowest BCUT2D eigenvalue weighted by Gasteiger charge is -2.08. The van der Waals surface area contributed by atoms with Gasteiger partial charge in [0.15, 0.2) is 17.3 Å². The highest BCUT2D eigenvalue weighted by molar-refractivity contribution is 8.04. The van der Waals surface area contributed by atoms with Crippen LogP contribution >= 0.6 is 11.8 Å². The van der Waals surface area contributed by atoms with Crippen LogP contribution in [0.1, 0.15) is 22.8 Å². The number of ketones is 1. The summed E-state index contributed by atoms with van der Waals surface area (Å²) in [6.45, 7) is 1.83. The average molecular weight is 278 g/mol. The molecule has 1 aromatic rings. The number of carbonyl (C=O) groups excluding carboxylic acids is 1. The van der Waals surface area contributed by atoms with E-state index in [0.717, 1.165) is 11.8 Å². The first-order valence-corrected chi connectivity index (χ1v) is 6.60. The number of benzene rings is 1. The average Bonchev–Trinajstić information content (AvgIpc) is 2.79. The zero-order valence-corrected chi connectivity index (χ0v) is 10.9. The first-order valence-electron chi connectivity index (χ1n) is 5.62. The molecule has 0 aromatic heterocycles. The number of hydrogen-bond donors (Lipinski definition) is 1. The van der Waals surface area contributed by atoms with Crippen LogP contribution in [0.25, 0.3) is 5.57 Å². The van der Waals surface area contributed by atoms with Gasteiger partial charge in [0.2, 0.25) is 6.79 Å². The highest BCUT2D eigenvalue weighted by Gasteiger charge is 2.27. The molecule has 2 aliphatic heterocycles. The van der Waals surface area contributed by atoms with Crippen molar-refractivity contribution in [3.8, 4) is 11.5 Å². The van der Waals surface area contributed by atoms with Crippen molar-refractivity contribution in [3.05, 3.63) is 28.2 Å². The number of aliphatic carboxylic acids is 1. The Morgan fingerprint density at radius 1 is 1.26 bits per heavy atom. The lowest BCUT2D eigenvalue weighted by atomic mass is 9.97. The van der Waals surface area contributed by atoms with E-state index in [-0.39, 0.29) is 23.2 Å². The standard InChI is InChI=1S/C13H10O5S/c1-6-7-2-10-11(18-5-17-10)3-8(7)9(14)4-19-12(6)13(15)16/h2-3H,4-5H2,1H3,(H,15,16). The van der Waals surface area contributed by atoms with Crippen molar-refractivity contribution in [2.45, 2.75) is 6.92 Å². The lowest BCUT2D eigenvalue weighted by Crippen LogP contribution is -2.03. The molecule has 3 rings (SSSR count). The molecule has 19 heavy (non-hydrogen) atoms. The van der Waals surface area contributed by atoms with Crippen LogP contribution in [0.5, 0.6) is 11.5 Å². The molecule has 0 atom stereocenters. The number of carboxylic acids is 1. The van der Waals surface area contributed by atoms with Crippen LogP contribution in [0.15, 0.2) is 17.0 Å². The number of carbonyl (C=O) groups is 2. The van der Waals surface area contributed by atoms with Gasteiger partial charge in [0, 0.05) is 5.56 Å². The van der Waals surface area contributed by atoms with Crippen molar-refractivity contribution in [2.24, 2.45) is 0 Å².